The Kier molecular flexibility index (Phi) is 4.73. The fraction of sp³-hybridized carbons (Fsp3) is 0.571. The lowest BCUT2D eigenvalue weighted by atomic mass is 9.90. The monoisotopic (exact) mass is 306 g/mol. The maximum atomic E-state index is 12.0. The van der Waals surface area contributed by atoms with E-state index >= 15 is 0 Å². The molecular weight excluding hydrogens is 289 g/mol. The van der Waals surface area contributed by atoms with E-state index in [-0.39, 0.29) is 11.2 Å². The van der Waals surface area contributed by atoms with Crippen LogP contribution in [0.5, 0.6) is 11.5 Å². The summed E-state index contributed by atoms with van der Waals surface area (Å²) in [5, 5.41) is 0. The van der Waals surface area contributed by atoms with Gasteiger partial charge in [-0.1, -0.05) is 12.8 Å². The molecule has 0 bridgehead atoms. The van der Waals surface area contributed by atoms with Crippen LogP contribution in [0.15, 0.2) is 24.3 Å². The zero-order chi connectivity index (χ0) is 14.6. The smallest absolute Gasteiger partial charge is 0.493 e. The molecule has 6 heteroatoms. The van der Waals surface area contributed by atoms with Crippen molar-refractivity contribution in [3.63, 3.8) is 0 Å². The van der Waals surface area contributed by atoms with E-state index in [1.54, 1.807) is 0 Å². The highest BCUT2D eigenvalue weighted by Gasteiger charge is 2.33. The number of alkyl halides is 3. The van der Waals surface area contributed by atoms with Crippen molar-refractivity contribution in [1.82, 2.24) is 0 Å². The Bertz CT molecular complexity index is 425. The van der Waals surface area contributed by atoms with Crippen molar-refractivity contribution in [3.05, 3.63) is 24.3 Å². The van der Waals surface area contributed by atoms with Gasteiger partial charge in [-0.25, -0.2) is 0 Å². The van der Waals surface area contributed by atoms with Gasteiger partial charge in [0.25, 0.3) is 0 Å². The standard InChI is InChI=1S/C14H17F3O2S/c15-14(16,17)19-12-5-3-11(4-6-12)18-9-13(10-20)7-1-2-8-13/h3-6,20H,1-2,7-10H2. The van der Waals surface area contributed by atoms with Gasteiger partial charge in [-0.05, 0) is 42.9 Å². The van der Waals surface area contributed by atoms with Crippen LogP contribution in [0.2, 0.25) is 0 Å². The molecule has 0 heterocycles. The van der Waals surface area contributed by atoms with Gasteiger partial charge in [-0.15, -0.1) is 13.2 Å². The lowest BCUT2D eigenvalue weighted by Gasteiger charge is -2.26. The molecule has 1 aromatic rings. The predicted molar refractivity (Wildman–Crippen MR) is 73.4 cm³/mol. The van der Waals surface area contributed by atoms with Gasteiger partial charge in [0.1, 0.15) is 11.5 Å². The highest BCUT2D eigenvalue weighted by molar-refractivity contribution is 7.80. The summed E-state index contributed by atoms with van der Waals surface area (Å²) in [5.74, 6) is 1.07. The van der Waals surface area contributed by atoms with Crippen LogP contribution in [0.4, 0.5) is 13.2 Å². The van der Waals surface area contributed by atoms with Crippen molar-refractivity contribution < 1.29 is 22.6 Å². The molecule has 1 aromatic carbocycles. The minimum Gasteiger partial charge on any atom is -0.493 e. The molecule has 0 saturated heterocycles. The first-order chi connectivity index (χ1) is 9.42. The fourth-order valence-corrected chi connectivity index (χ4v) is 2.85. The maximum Gasteiger partial charge on any atom is 0.573 e. The number of rotatable bonds is 5. The summed E-state index contributed by atoms with van der Waals surface area (Å²) in [6.07, 6.45) is -0.121. The SMILES string of the molecule is FC(F)(F)Oc1ccc(OCC2(CS)CCCC2)cc1. The highest BCUT2D eigenvalue weighted by atomic mass is 32.1. The second-order valence-electron chi connectivity index (χ2n) is 5.17. The first kappa shape index (κ1) is 15.4. The molecular formula is C14H17F3O2S. The van der Waals surface area contributed by atoms with E-state index in [0.717, 1.165) is 18.6 Å². The van der Waals surface area contributed by atoms with E-state index in [4.69, 9.17) is 4.74 Å². The van der Waals surface area contributed by atoms with Gasteiger partial charge in [0.2, 0.25) is 0 Å². The zero-order valence-corrected chi connectivity index (χ0v) is 11.8. The van der Waals surface area contributed by atoms with Crippen molar-refractivity contribution in [2.24, 2.45) is 5.41 Å². The Hall–Kier alpha value is -1.04. The number of hydrogen-bond donors (Lipinski definition) is 1. The first-order valence-corrected chi connectivity index (χ1v) is 7.15. The van der Waals surface area contributed by atoms with Crippen molar-refractivity contribution in [2.75, 3.05) is 12.4 Å². The van der Waals surface area contributed by atoms with Crippen LogP contribution in [-0.2, 0) is 0 Å². The number of benzene rings is 1. The van der Waals surface area contributed by atoms with E-state index < -0.39 is 6.36 Å². The molecule has 0 radical (unpaired) electrons. The van der Waals surface area contributed by atoms with Crippen LogP contribution in [0.1, 0.15) is 25.7 Å². The summed E-state index contributed by atoms with van der Waals surface area (Å²) in [5.41, 5.74) is 0.101. The van der Waals surface area contributed by atoms with Crippen LogP contribution >= 0.6 is 12.6 Å². The zero-order valence-electron chi connectivity index (χ0n) is 10.9. The molecule has 1 saturated carbocycles. The van der Waals surface area contributed by atoms with Crippen LogP contribution in [0, 0.1) is 5.41 Å². The van der Waals surface area contributed by atoms with E-state index in [2.05, 4.69) is 17.4 Å². The van der Waals surface area contributed by atoms with Crippen molar-refractivity contribution in [2.45, 2.75) is 32.0 Å². The van der Waals surface area contributed by atoms with Crippen LogP contribution in [-0.4, -0.2) is 18.7 Å². The minimum atomic E-state index is -4.66. The van der Waals surface area contributed by atoms with Gasteiger partial charge < -0.3 is 9.47 Å². The molecule has 0 spiro atoms. The molecule has 1 aliphatic rings. The predicted octanol–water partition coefficient (Wildman–Crippen LogP) is 4.45. The van der Waals surface area contributed by atoms with Crippen molar-refractivity contribution >= 4 is 12.6 Å². The van der Waals surface area contributed by atoms with E-state index in [0.29, 0.717) is 12.4 Å². The molecule has 1 aliphatic carbocycles. The third-order valence-electron chi connectivity index (χ3n) is 3.60. The number of hydrogen-bond acceptors (Lipinski definition) is 3. The summed E-state index contributed by atoms with van der Waals surface area (Å²) in [6.45, 7) is 0.552. The Labute approximate surface area is 121 Å². The maximum absolute atomic E-state index is 12.0. The normalized spacial score (nSPS) is 18.0. The van der Waals surface area contributed by atoms with Gasteiger partial charge in [0, 0.05) is 5.41 Å². The van der Waals surface area contributed by atoms with Gasteiger partial charge in [0.05, 0.1) is 6.61 Å². The van der Waals surface area contributed by atoms with E-state index in [1.165, 1.54) is 37.1 Å². The molecule has 0 atom stereocenters. The summed E-state index contributed by atoms with van der Waals surface area (Å²) in [4.78, 5) is 0. The van der Waals surface area contributed by atoms with Gasteiger partial charge >= 0.3 is 6.36 Å². The molecule has 1 fully saturated rings. The Morgan fingerprint density at radius 3 is 2.10 bits per heavy atom. The average Bonchev–Trinajstić information content (AvgIpc) is 2.86. The topological polar surface area (TPSA) is 18.5 Å². The Morgan fingerprint density at radius 2 is 1.60 bits per heavy atom. The summed E-state index contributed by atoms with van der Waals surface area (Å²) in [6, 6.07) is 5.49. The number of halogens is 3. The largest absolute Gasteiger partial charge is 0.573 e. The Morgan fingerprint density at radius 1 is 1.05 bits per heavy atom. The number of ether oxygens (including phenoxy) is 2. The molecule has 2 rings (SSSR count). The second-order valence-corrected chi connectivity index (χ2v) is 5.49. The molecule has 20 heavy (non-hydrogen) atoms. The minimum absolute atomic E-state index is 0.101. The third-order valence-corrected chi connectivity index (χ3v) is 4.27. The second kappa shape index (κ2) is 6.16. The molecule has 0 unspecified atom stereocenters. The molecule has 0 N–H and O–H groups in total. The molecule has 0 aliphatic heterocycles. The molecule has 0 aromatic heterocycles. The van der Waals surface area contributed by atoms with Gasteiger partial charge in [-0.3, -0.25) is 0 Å². The van der Waals surface area contributed by atoms with Crippen LogP contribution in [0.3, 0.4) is 0 Å². The van der Waals surface area contributed by atoms with Crippen molar-refractivity contribution in [3.8, 4) is 11.5 Å². The fourth-order valence-electron chi connectivity index (χ4n) is 2.45. The van der Waals surface area contributed by atoms with E-state index in [1.807, 2.05) is 0 Å². The summed E-state index contributed by atoms with van der Waals surface area (Å²) >= 11 is 4.39. The molecule has 2 nitrogen and oxygen atoms in total. The van der Waals surface area contributed by atoms with Crippen LogP contribution in [0.25, 0.3) is 0 Å². The van der Waals surface area contributed by atoms with Gasteiger partial charge in [-0.2, -0.15) is 12.6 Å². The van der Waals surface area contributed by atoms with Crippen molar-refractivity contribution in [1.29, 1.82) is 0 Å². The molecule has 0 amide bonds. The third kappa shape index (κ3) is 4.23. The van der Waals surface area contributed by atoms with Crippen LogP contribution < -0.4 is 9.47 Å². The lowest BCUT2D eigenvalue weighted by molar-refractivity contribution is -0.274. The highest BCUT2D eigenvalue weighted by Crippen LogP contribution is 2.39. The number of thiol groups is 1. The average molecular weight is 306 g/mol. The lowest BCUT2D eigenvalue weighted by Crippen LogP contribution is -2.27. The molecule has 112 valence electrons. The summed E-state index contributed by atoms with van der Waals surface area (Å²) in [7, 11) is 0. The first-order valence-electron chi connectivity index (χ1n) is 6.52. The summed E-state index contributed by atoms with van der Waals surface area (Å²) < 4.78 is 45.6. The quantitative estimate of drug-likeness (QED) is 0.810. The van der Waals surface area contributed by atoms with Gasteiger partial charge in [0.15, 0.2) is 0 Å². The van der Waals surface area contributed by atoms with E-state index in [9.17, 15) is 13.2 Å². The Balaban J connectivity index is 1.90.